The van der Waals surface area contributed by atoms with E-state index in [0.717, 1.165) is 6.29 Å². The molecule has 0 bridgehead atoms. The van der Waals surface area contributed by atoms with Gasteiger partial charge in [-0.1, -0.05) is 124 Å². The molecule has 0 N–H and O–H groups in total. The first-order valence-corrected chi connectivity index (χ1v) is 14.3. The van der Waals surface area contributed by atoms with Crippen molar-refractivity contribution >= 4 is 6.29 Å². The molecule has 0 fully saturated rings. The van der Waals surface area contributed by atoms with Gasteiger partial charge >= 0.3 is 0 Å². The largest absolute Gasteiger partial charge is 0.328 e. The van der Waals surface area contributed by atoms with Crippen molar-refractivity contribution < 1.29 is 9.28 Å². The molecule has 0 unspecified atom stereocenters. The fourth-order valence-electron chi connectivity index (χ4n) is 4.17. The van der Waals surface area contributed by atoms with Gasteiger partial charge in [-0.15, -0.1) is 0 Å². The van der Waals surface area contributed by atoms with E-state index in [4.69, 9.17) is 0 Å². The zero-order valence-corrected chi connectivity index (χ0v) is 22.7. The number of rotatable bonds is 23. The fraction of sp³-hybridized carbons (Fsp3) is 0.966. The maximum atomic E-state index is 9.17. The minimum atomic E-state index is 0.639. The Morgan fingerprint density at radius 3 is 0.903 bits per heavy atom. The van der Waals surface area contributed by atoms with E-state index in [-0.39, 0.29) is 0 Å². The van der Waals surface area contributed by atoms with Crippen LogP contribution in [-0.2, 0) is 4.79 Å². The van der Waals surface area contributed by atoms with Gasteiger partial charge in [-0.3, -0.25) is 0 Å². The molecule has 0 atom stereocenters. The number of carbonyl (C=O) groups is 1. The summed E-state index contributed by atoms with van der Waals surface area (Å²) in [6, 6.07) is 0. The molecule has 2 nitrogen and oxygen atoms in total. The summed E-state index contributed by atoms with van der Waals surface area (Å²) in [4.78, 5) is 9.17. The third-order valence-corrected chi connectivity index (χ3v) is 6.40. The van der Waals surface area contributed by atoms with E-state index in [1.54, 1.807) is 0 Å². The number of unbranched alkanes of at least 4 members (excludes halogenated alkanes) is 18. The van der Waals surface area contributed by atoms with Crippen LogP contribution in [0.25, 0.3) is 0 Å². The molecule has 0 aliphatic heterocycles. The molecule has 0 aliphatic carbocycles. The van der Waals surface area contributed by atoms with Gasteiger partial charge in [-0.2, -0.15) is 0 Å². The maximum absolute atomic E-state index is 9.17. The molecule has 0 aliphatic rings. The quantitative estimate of drug-likeness (QED) is 0.0878. The number of quaternary nitrogens is 1. The van der Waals surface area contributed by atoms with Crippen LogP contribution in [0.1, 0.15) is 156 Å². The van der Waals surface area contributed by atoms with Gasteiger partial charge in [-0.25, -0.2) is 0 Å². The third-order valence-electron chi connectivity index (χ3n) is 6.40. The van der Waals surface area contributed by atoms with Crippen molar-refractivity contribution in [1.29, 1.82) is 0 Å². The lowest BCUT2D eigenvalue weighted by atomic mass is 10.1. The lowest BCUT2D eigenvalue weighted by Crippen LogP contribution is -2.41. The second-order valence-corrected chi connectivity index (χ2v) is 10.3. The molecule has 0 rings (SSSR count). The van der Waals surface area contributed by atoms with Crippen LogP contribution in [0.5, 0.6) is 0 Å². The molecule has 0 aromatic heterocycles. The molecule has 0 heterocycles. The Bertz CT molecular complexity index is 301. The summed E-state index contributed by atoms with van der Waals surface area (Å²) in [5.41, 5.74) is 0. The van der Waals surface area contributed by atoms with Crippen molar-refractivity contribution in [2.45, 2.75) is 156 Å². The van der Waals surface area contributed by atoms with Gasteiger partial charge in [0.1, 0.15) is 6.29 Å². The first-order chi connectivity index (χ1) is 15.0. The van der Waals surface area contributed by atoms with Gasteiger partial charge in [0.05, 0.1) is 27.2 Å². The van der Waals surface area contributed by atoms with Gasteiger partial charge in [0, 0.05) is 6.42 Å². The van der Waals surface area contributed by atoms with Crippen LogP contribution >= 0.6 is 0 Å². The van der Waals surface area contributed by atoms with E-state index in [1.165, 1.54) is 146 Å². The topological polar surface area (TPSA) is 17.1 Å². The summed E-state index contributed by atoms with van der Waals surface area (Å²) in [5, 5.41) is 0. The van der Waals surface area contributed by atoms with Crippen molar-refractivity contribution in [3.63, 3.8) is 0 Å². The molecule has 0 saturated heterocycles. The van der Waals surface area contributed by atoms with E-state index in [2.05, 4.69) is 27.9 Å². The smallest absolute Gasteiger partial charge is 0.119 e. The SMILES string of the molecule is CCC=O.CCCCCCCCCCCC[N+](C)(C)CCCCCCCCCCCC. The Balaban J connectivity index is 0. The summed E-state index contributed by atoms with van der Waals surface area (Å²) in [7, 11) is 4.89. The Kier molecular flexibility index (Phi) is 29.3. The minimum Gasteiger partial charge on any atom is -0.328 e. The van der Waals surface area contributed by atoms with Crippen LogP contribution in [0.15, 0.2) is 0 Å². The molecule has 0 aromatic carbocycles. The predicted octanol–water partition coefficient (Wildman–Crippen LogP) is 9.50. The van der Waals surface area contributed by atoms with E-state index in [9.17, 15) is 4.79 Å². The summed E-state index contributed by atoms with van der Waals surface area (Å²) in [5.74, 6) is 0. The lowest BCUT2D eigenvalue weighted by Gasteiger charge is -2.30. The highest BCUT2D eigenvalue weighted by Crippen LogP contribution is 2.14. The van der Waals surface area contributed by atoms with E-state index in [0.29, 0.717) is 6.42 Å². The van der Waals surface area contributed by atoms with Crippen molar-refractivity contribution in [3.8, 4) is 0 Å². The average Bonchev–Trinajstić information content (AvgIpc) is 2.76. The molecule has 2 heteroatoms. The maximum Gasteiger partial charge on any atom is 0.119 e. The van der Waals surface area contributed by atoms with Crippen molar-refractivity contribution in [2.24, 2.45) is 0 Å². The van der Waals surface area contributed by atoms with Gasteiger partial charge in [0.15, 0.2) is 0 Å². The predicted molar refractivity (Wildman–Crippen MR) is 142 cm³/mol. The number of carbonyl (C=O) groups excluding carboxylic acids is 1. The van der Waals surface area contributed by atoms with Crippen molar-refractivity contribution in [1.82, 2.24) is 0 Å². The third kappa shape index (κ3) is 31.9. The zero-order chi connectivity index (χ0) is 23.5. The molecule has 31 heavy (non-hydrogen) atoms. The average molecular weight is 441 g/mol. The second kappa shape index (κ2) is 27.7. The summed E-state index contributed by atoms with van der Waals surface area (Å²) < 4.78 is 1.24. The highest BCUT2D eigenvalue weighted by molar-refractivity contribution is 5.48. The minimum absolute atomic E-state index is 0.639. The highest BCUT2D eigenvalue weighted by atomic mass is 16.1. The van der Waals surface area contributed by atoms with Gasteiger partial charge in [-0.05, 0) is 25.7 Å². The van der Waals surface area contributed by atoms with Crippen LogP contribution < -0.4 is 0 Å². The van der Waals surface area contributed by atoms with Crippen molar-refractivity contribution in [2.75, 3.05) is 27.2 Å². The molecular formula is C29H62NO+. The molecule has 0 spiro atoms. The van der Waals surface area contributed by atoms with Crippen molar-refractivity contribution in [3.05, 3.63) is 0 Å². The standard InChI is InChI=1S/C26H56N.C3H6O/c1-5-7-9-11-13-15-17-19-21-23-25-27(3,4)26-24-22-20-18-16-14-12-10-8-6-2;1-2-3-4/h5-26H2,1-4H3;3H,2H2,1H3/q+1;. The van der Waals surface area contributed by atoms with Gasteiger partial charge < -0.3 is 9.28 Å². The molecule has 0 radical (unpaired) electrons. The number of nitrogens with zero attached hydrogens (tertiary/aromatic N) is 1. The van der Waals surface area contributed by atoms with Crippen LogP contribution in [0, 0.1) is 0 Å². The lowest BCUT2D eigenvalue weighted by molar-refractivity contribution is -0.890. The molecule has 0 aromatic rings. The number of hydrogen-bond acceptors (Lipinski definition) is 1. The Morgan fingerprint density at radius 2 is 0.677 bits per heavy atom. The second-order valence-electron chi connectivity index (χ2n) is 10.3. The van der Waals surface area contributed by atoms with Gasteiger partial charge in [0.25, 0.3) is 0 Å². The molecule has 188 valence electrons. The van der Waals surface area contributed by atoms with Crippen LogP contribution in [0.3, 0.4) is 0 Å². The first kappa shape index (κ1) is 32.8. The number of aldehydes is 1. The first-order valence-electron chi connectivity index (χ1n) is 14.3. The van der Waals surface area contributed by atoms with E-state index >= 15 is 0 Å². The Morgan fingerprint density at radius 1 is 0.452 bits per heavy atom. The van der Waals surface area contributed by atoms with Crippen LogP contribution in [0.2, 0.25) is 0 Å². The fourth-order valence-corrected chi connectivity index (χ4v) is 4.17. The Labute approximate surface area is 198 Å². The summed E-state index contributed by atoms with van der Waals surface area (Å²) in [6.45, 7) is 9.18. The van der Waals surface area contributed by atoms with E-state index < -0.39 is 0 Å². The zero-order valence-electron chi connectivity index (χ0n) is 22.7. The molecular weight excluding hydrogens is 378 g/mol. The van der Waals surface area contributed by atoms with Gasteiger partial charge in [0.2, 0.25) is 0 Å². The summed E-state index contributed by atoms with van der Waals surface area (Å²) in [6.07, 6.45) is 30.5. The monoisotopic (exact) mass is 440 g/mol. The molecule has 0 amide bonds. The van der Waals surface area contributed by atoms with E-state index in [1.807, 2.05) is 6.92 Å². The Hall–Kier alpha value is -0.370. The van der Waals surface area contributed by atoms with Crippen LogP contribution in [-0.4, -0.2) is 38.0 Å². The normalized spacial score (nSPS) is 11.3. The van der Waals surface area contributed by atoms with Crippen LogP contribution in [0.4, 0.5) is 0 Å². The number of hydrogen-bond donors (Lipinski definition) is 0. The highest BCUT2D eigenvalue weighted by Gasteiger charge is 2.13. The summed E-state index contributed by atoms with van der Waals surface area (Å²) >= 11 is 0. The molecule has 0 saturated carbocycles.